The SMILES string of the molecule is CCCS(=O)(=O)N1CCC[C@@H]1c1nc(CCc2ccc(F)cc2)c(C(=O)O)s1. The summed E-state index contributed by atoms with van der Waals surface area (Å²) in [6.07, 6.45) is 2.85. The molecule has 152 valence electrons. The van der Waals surface area contributed by atoms with Crippen molar-refractivity contribution in [3.8, 4) is 0 Å². The van der Waals surface area contributed by atoms with E-state index in [2.05, 4.69) is 4.98 Å². The number of nitrogens with zero attached hydrogens (tertiary/aromatic N) is 2. The molecule has 1 aliphatic heterocycles. The van der Waals surface area contributed by atoms with E-state index >= 15 is 0 Å². The number of hydrogen-bond donors (Lipinski definition) is 1. The predicted molar refractivity (Wildman–Crippen MR) is 106 cm³/mol. The molecular formula is C19H23FN2O4S2. The summed E-state index contributed by atoms with van der Waals surface area (Å²) >= 11 is 1.06. The third kappa shape index (κ3) is 4.59. The van der Waals surface area contributed by atoms with Crippen LogP contribution in [0, 0.1) is 5.82 Å². The van der Waals surface area contributed by atoms with Crippen molar-refractivity contribution in [1.82, 2.24) is 9.29 Å². The summed E-state index contributed by atoms with van der Waals surface area (Å²) in [5.74, 6) is -1.29. The fourth-order valence-corrected chi connectivity index (χ4v) is 6.37. The number of aromatic nitrogens is 1. The minimum Gasteiger partial charge on any atom is -0.477 e. The van der Waals surface area contributed by atoms with Gasteiger partial charge in [-0.1, -0.05) is 19.1 Å². The van der Waals surface area contributed by atoms with Crippen LogP contribution >= 0.6 is 11.3 Å². The number of sulfonamides is 1. The summed E-state index contributed by atoms with van der Waals surface area (Å²) in [5.41, 5.74) is 1.34. The number of carboxylic acid groups (broad SMARTS) is 1. The summed E-state index contributed by atoms with van der Waals surface area (Å²) < 4.78 is 39.6. The Hall–Kier alpha value is -1.84. The Bertz CT molecular complexity index is 941. The predicted octanol–water partition coefficient (Wildman–Crippen LogP) is 3.64. The molecule has 0 saturated carbocycles. The van der Waals surface area contributed by atoms with Gasteiger partial charge >= 0.3 is 5.97 Å². The van der Waals surface area contributed by atoms with Gasteiger partial charge in [-0.25, -0.2) is 22.6 Å². The first-order valence-electron chi connectivity index (χ1n) is 9.28. The van der Waals surface area contributed by atoms with E-state index in [1.54, 1.807) is 12.1 Å². The van der Waals surface area contributed by atoms with E-state index in [1.165, 1.54) is 16.4 Å². The molecule has 1 aromatic heterocycles. The Balaban J connectivity index is 1.83. The molecule has 0 bridgehead atoms. The summed E-state index contributed by atoms with van der Waals surface area (Å²) in [6.45, 7) is 2.27. The zero-order chi connectivity index (χ0) is 20.3. The Morgan fingerprint density at radius 3 is 2.68 bits per heavy atom. The van der Waals surface area contributed by atoms with Gasteiger partial charge in [0, 0.05) is 6.54 Å². The van der Waals surface area contributed by atoms with Gasteiger partial charge in [0.05, 0.1) is 17.5 Å². The monoisotopic (exact) mass is 426 g/mol. The number of halogens is 1. The second-order valence-electron chi connectivity index (χ2n) is 6.84. The highest BCUT2D eigenvalue weighted by Gasteiger charge is 2.37. The van der Waals surface area contributed by atoms with Crippen molar-refractivity contribution in [2.75, 3.05) is 12.3 Å². The maximum atomic E-state index is 13.0. The Labute approximate surface area is 168 Å². The fourth-order valence-electron chi connectivity index (χ4n) is 3.46. The average Bonchev–Trinajstić information content (AvgIpc) is 3.28. The first-order chi connectivity index (χ1) is 13.3. The van der Waals surface area contributed by atoms with Crippen LogP contribution in [0.1, 0.15) is 58.2 Å². The molecule has 1 aromatic carbocycles. The minimum atomic E-state index is -3.37. The van der Waals surface area contributed by atoms with Gasteiger partial charge in [0.1, 0.15) is 15.7 Å². The van der Waals surface area contributed by atoms with E-state index in [9.17, 15) is 22.7 Å². The Kier molecular flexibility index (Phi) is 6.47. The van der Waals surface area contributed by atoms with Crippen LogP contribution in [0.25, 0.3) is 0 Å². The van der Waals surface area contributed by atoms with Crippen molar-refractivity contribution in [1.29, 1.82) is 0 Å². The van der Waals surface area contributed by atoms with Gasteiger partial charge in [-0.15, -0.1) is 11.3 Å². The van der Waals surface area contributed by atoms with E-state index in [4.69, 9.17) is 0 Å². The number of rotatable bonds is 8. The number of carboxylic acids is 1. The van der Waals surface area contributed by atoms with Gasteiger partial charge in [0.15, 0.2) is 0 Å². The van der Waals surface area contributed by atoms with E-state index in [0.717, 1.165) is 23.3 Å². The molecule has 0 spiro atoms. The lowest BCUT2D eigenvalue weighted by molar-refractivity contribution is 0.0700. The third-order valence-corrected chi connectivity index (χ3v) is 8.04. The van der Waals surface area contributed by atoms with Gasteiger partial charge in [0.25, 0.3) is 0 Å². The molecule has 0 aliphatic carbocycles. The van der Waals surface area contributed by atoms with Gasteiger partial charge in [0.2, 0.25) is 10.0 Å². The van der Waals surface area contributed by atoms with Gasteiger partial charge in [-0.05, 0) is 49.8 Å². The van der Waals surface area contributed by atoms with E-state index in [1.807, 2.05) is 6.92 Å². The molecule has 1 aliphatic rings. The van der Waals surface area contributed by atoms with Crippen molar-refractivity contribution in [2.45, 2.75) is 45.1 Å². The van der Waals surface area contributed by atoms with Crippen LogP contribution in [0.15, 0.2) is 24.3 Å². The molecule has 9 heteroatoms. The molecule has 2 heterocycles. The molecule has 0 unspecified atom stereocenters. The molecule has 0 amide bonds. The Morgan fingerprint density at radius 1 is 1.32 bits per heavy atom. The van der Waals surface area contributed by atoms with Crippen LogP contribution in [-0.2, 0) is 22.9 Å². The molecule has 28 heavy (non-hydrogen) atoms. The lowest BCUT2D eigenvalue weighted by Crippen LogP contribution is -2.32. The molecule has 1 N–H and O–H groups in total. The summed E-state index contributed by atoms with van der Waals surface area (Å²) in [4.78, 5) is 16.4. The summed E-state index contributed by atoms with van der Waals surface area (Å²) in [6, 6.07) is 5.68. The number of benzene rings is 1. The van der Waals surface area contributed by atoms with E-state index in [-0.39, 0.29) is 22.5 Å². The van der Waals surface area contributed by atoms with Crippen LogP contribution in [0.2, 0.25) is 0 Å². The first-order valence-corrected chi connectivity index (χ1v) is 11.7. The van der Waals surface area contributed by atoms with Gasteiger partial charge < -0.3 is 5.11 Å². The van der Waals surface area contributed by atoms with Crippen LogP contribution in [0.3, 0.4) is 0 Å². The minimum absolute atomic E-state index is 0.0814. The molecule has 1 saturated heterocycles. The van der Waals surface area contributed by atoms with Crippen molar-refractivity contribution in [3.05, 3.63) is 51.2 Å². The molecule has 3 rings (SSSR count). The second kappa shape index (κ2) is 8.67. The number of carbonyl (C=O) groups is 1. The zero-order valence-corrected chi connectivity index (χ0v) is 17.2. The fraction of sp³-hybridized carbons (Fsp3) is 0.474. The number of hydrogen-bond acceptors (Lipinski definition) is 5. The highest BCUT2D eigenvalue weighted by molar-refractivity contribution is 7.89. The average molecular weight is 427 g/mol. The van der Waals surface area contributed by atoms with E-state index in [0.29, 0.717) is 42.9 Å². The van der Waals surface area contributed by atoms with Crippen LogP contribution < -0.4 is 0 Å². The number of aromatic carboxylic acids is 1. The van der Waals surface area contributed by atoms with Crippen molar-refractivity contribution >= 4 is 27.3 Å². The third-order valence-electron chi connectivity index (χ3n) is 4.78. The second-order valence-corrected chi connectivity index (χ2v) is 9.92. The van der Waals surface area contributed by atoms with Crippen molar-refractivity contribution in [2.24, 2.45) is 0 Å². The molecule has 1 fully saturated rings. The quantitative estimate of drug-likeness (QED) is 0.696. The van der Waals surface area contributed by atoms with Gasteiger partial charge in [-0.2, -0.15) is 4.31 Å². The molecule has 1 atom stereocenters. The molecule has 6 nitrogen and oxygen atoms in total. The summed E-state index contributed by atoms with van der Waals surface area (Å²) in [5, 5.41) is 10.1. The molecule has 0 radical (unpaired) electrons. The largest absolute Gasteiger partial charge is 0.477 e. The zero-order valence-electron chi connectivity index (χ0n) is 15.6. The molecular weight excluding hydrogens is 403 g/mol. The smallest absolute Gasteiger partial charge is 0.347 e. The van der Waals surface area contributed by atoms with Crippen molar-refractivity contribution < 1.29 is 22.7 Å². The normalized spacial score (nSPS) is 17.9. The van der Waals surface area contributed by atoms with E-state index < -0.39 is 16.0 Å². The molecule has 2 aromatic rings. The highest BCUT2D eigenvalue weighted by Crippen LogP contribution is 2.37. The topological polar surface area (TPSA) is 87.6 Å². The maximum Gasteiger partial charge on any atom is 0.347 e. The van der Waals surface area contributed by atoms with Crippen LogP contribution in [0.4, 0.5) is 4.39 Å². The Morgan fingerprint density at radius 2 is 2.04 bits per heavy atom. The first kappa shape index (κ1) is 20.9. The van der Waals surface area contributed by atoms with Crippen LogP contribution in [0.5, 0.6) is 0 Å². The van der Waals surface area contributed by atoms with Gasteiger partial charge in [-0.3, -0.25) is 0 Å². The number of thiazole rings is 1. The highest BCUT2D eigenvalue weighted by atomic mass is 32.2. The lowest BCUT2D eigenvalue weighted by Gasteiger charge is -2.22. The van der Waals surface area contributed by atoms with Crippen molar-refractivity contribution in [3.63, 3.8) is 0 Å². The lowest BCUT2D eigenvalue weighted by atomic mass is 10.1. The maximum absolute atomic E-state index is 13.0. The summed E-state index contributed by atoms with van der Waals surface area (Å²) in [7, 11) is -3.37. The standard InChI is InChI=1S/C19H23FN2O4S2/c1-2-12-28(25,26)22-11-3-4-16(22)18-21-15(17(27-18)19(23)24)10-7-13-5-8-14(20)9-6-13/h5-6,8-9,16H,2-4,7,10-12H2,1H3,(H,23,24)/t16-/m1/s1. The van der Waals surface area contributed by atoms with Crippen LogP contribution in [-0.4, -0.2) is 41.1 Å². The number of aryl methyl sites for hydroxylation is 2.